The molecule has 2 amide bonds. The van der Waals surface area contributed by atoms with E-state index in [-0.39, 0.29) is 11.8 Å². The molecule has 1 fully saturated rings. The number of furan rings is 1. The number of carbonyl (C=O) groups is 2. The Hall–Kier alpha value is -3.52. The molecule has 1 aliphatic heterocycles. The SMILES string of the molecule is O=C(Nc1nccs1)[C@H]1CCCN1C(=O)c1cc(-c2ccco2)nc2ccccc12. The van der Waals surface area contributed by atoms with E-state index in [9.17, 15) is 9.59 Å². The summed E-state index contributed by atoms with van der Waals surface area (Å²) >= 11 is 1.35. The second-order valence-corrected chi connectivity index (χ2v) is 7.93. The maximum atomic E-state index is 13.6. The number of hydrogen-bond donors (Lipinski definition) is 1. The molecule has 30 heavy (non-hydrogen) atoms. The summed E-state index contributed by atoms with van der Waals surface area (Å²) in [6.45, 7) is 0.529. The minimum Gasteiger partial charge on any atom is -0.463 e. The number of pyridine rings is 1. The van der Waals surface area contributed by atoms with Crippen molar-refractivity contribution in [1.29, 1.82) is 0 Å². The average molecular weight is 418 g/mol. The summed E-state index contributed by atoms with van der Waals surface area (Å²) in [4.78, 5) is 36.8. The zero-order valence-electron chi connectivity index (χ0n) is 15.9. The molecule has 0 spiro atoms. The summed E-state index contributed by atoms with van der Waals surface area (Å²) in [5, 5.41) is 5.91. The third-order valence-corrected chi connectivity index (χ3v) is 5.89. The van der Waals surface area contributed by atoms with E-state index < -0.39 is 6.04 Å². The number of carbonyl (C=O) groups excluding carboxylic acids is 2. The van der Waals surface area contributed by atoms with E-state index in [0.717, 1.165) is 11.8 Å². The van der Waals surface area contributed by atoms with Gasteiger partial charge < -0.3 is 14.6 Å². The molecule has 4 aromatic rings. The van der Waals surface area contributed by atoms with Crippen molar-refractivity contribution in [1.82, 2.24) is 14.9 Å². The highest BCUT2D eigenvalue weighted by molar-refractivity contribution is 7.13. The van der Waals surface area contributed by atoms with Gasteiger partial charge in [0.15, 0.2) is 10.9 Å². The lowest BCUT2D eigenvalue weighted by Gasteiger charge is -2.24. The third kappa shape index (κ3) is 3.35. The molecule has 0 unspecified atom stereocenters. The van der Waals surface area contributed by atoms with Crippen molar-refractivity contribution in [2.24, 2.45) is 0 Å². The Kier molecular flexibility index (Phi) is 4.76. The van der Waals surface area contributed by atoms with Crippen LogP contribution in [-0.2, 0) is 4.79 Å². The molecule has 0 saturated carbocycles. The number of rotatable bonds is 4. The minimum absolute atomic E-state index is 0.182. The van der Waals surface area contributed by atoms with E-state index in [1.165, 1.54) is 11.3 Å². The summed E-state index contributed by atoms with van der Waals surface area (Å²) < 4.78 is 5.49. The number of amides is 2. The van der Waals surface area contributed by atoms with Gasteiger partial charge in [0, 0.05) is 23.5 Å². The van der Waals surface area contributed by atoms with Crippen LogP contribution in [0.25, 0.3) is 22.4 Å². The van der Waals surface area contributed by atoms with Crippen LogP contribution in [0.5, 0.6) is 0 Å². The number of likely N-dealkylation sites (tertiary alicyclic amines) is 1. The standard InChI is InChI=1S/C22H18N4O3S/c27-20(25-22-23-9-12-30-22)18-7-3-10-26(18)21(28)15-13-17(19-8-4-11-29-19)24-16-6-2-1-5-14(15)16/h1-2,4-6,8-9,11-13,18H,3,7,10H2,(H,23,25,27)/t18-/m1/s1. The highest BCUT2D eigenvalue weighted by Crippen LogP contribution is 2.29. The second kappa shape index (κ2) is 7.72. The zero-order valence-corrected chi connectivity index (χ0v) is 16.8. The third-order valence-electron chi connectivity index (χ3n) is 5.20. The second-order valence-electron chi connectivity index (χ2n) is 7.03. The molecule has 0 aliphatic carbocycles. The average Bonchev–Trinajstić information content (AvgIpc) is 3.55. The molecule has 150 valence electrons. The van der Waals surface area contributed by atoms with Crippen molar-refractivity contribution in [2.45, 2.75) is 18.9 Å². The fourth-order valence-electron chi connectivity index (χ4n) is 3.81. The van der Waals surface area contributed by atoms with Gasteiger partial charge in [-0.15, -0.1) is 11.3 Å². The van der Waals surface area contributed by atoms with E-state index in [1.807, 2.05) is 30.3 Å². The molecule has 1 atom stereocenters. The highest BCUT2D eigenvalue weighted by atomic mass is 32.1. The Morgan fingerprint density at radius 1 is 1.20 bits per heavy atom. The van der Waals surface area contributed by atoms with E-state index in [0.29, 0.717) is 40.6 Å². The summed E-state index contributed by atoms with van der Waals surface area (Å²) in [6, 6.07) is 12.3. The molecular weight excluding hydrogens is 400 g/mol. The predicted octanol–water partition coefficient (Wildman–Crippen LogP) is 4.19. The van der Waals surface area contributed by atoms with Crippen LogP contribution in [0.15, 0.2) is 64.7 Å². The molecule has 8 heteroatoms. The van der Waals surface area contributed by atoms with Gasteiger partial charge in [0.05, 0.1) is 17.3 Å². The van der Waals surface area contributed by atoms with E-state index in [4.69, 9.17) is 4.42 Å². The maximum absolute atomic E-state index is 13.6. The maximum Gasteiger partial charge on any atom is 0.255 e. The van der Waals surface area contributed by atoms with Crippen LogP contribution in [0, 0.1) is 0 Å². The summed E-state index contributed by atoms with van der Waals surface area (Å²) in [6.07, 6.45) is 4.61. The number of nitrogens with one attached hydrogen (secondary N) is 1. The van der Waals surface area contributed by atoms with Crippen molar-refractivity contribution in [3.63, 3.8) is 0 Å². The largest absolute Gasteiger partial charge is 0.463 e. The first-order valence-electron chi connectivity index (χ1n) is 9.66. The Morgan fingerprint density at radius 3 is 2.90 bits per heavy atom. The van der Waals surface area contributed by atoms with Crippen LogP contribution in [0.4, 0.5) is 5.13 Å². The monoisotopic (exact) mass is 418 g/mol. The van der Waals surface area contributed by atoms with Gasteiger partial charge in [-0.25, -0.2) is 9.97 Å². The van der Waals surface area contributed by atoms with Crippen molar-refractivity contribution in [3.05, 3.63) is 65.9 Å². The van der Waals surface area contributed by atoms with Crippen LogP contribution in [-0.4, -0.2) is 39.3 Å². The van der Waals surface area contributed by atoms with Gasteiger partial charge in [-0.1, -0.05) is 18.2 Å². The van der Waals surface area contributed by atoms with Gasteiger partial charge in [0.25, 0.3) is 5.91 Å². The number of nitrogens with zero attached hydrogens (tertiary/aromatic N) is 3. The van der Waals surface area contributed by atoms with Crippen LogP contribution in [0.2, 0.25) is 0 Å². The molecular formula is C22H18N4O3S. The summed E-state index contributed by atoms with van der Waals surface area (Å²) in [7, 11) is 0. The molecule has 1 aromatic carbocycles. The molecule has 4 heterocycles. The summed E-state index contributed by atoms with van der Waals surface area (Å²) in [5.41, 5.74) is 1.81. The van der Waals surface area contributed by atoms with E-state index in [1.54, 1.807) is 34.9 Å². The minimum atomic E-state index is -0.527. The molecule has 1 saturated heterocycles. The van der Waals surface area contributed by atoms with Crippen molar-refractivity contribution in [3.8, 4) is 11.5 Å². The quantitative estimate of drug-likeness (QED) is 0.537. The lowest BCUT2D eigenvalue weighted by atomic mass is 10.0. The first-order chi connectivity index (χ1) is 14.7. The molecule has 1 N–H and O–H groups in total. The van der Waals surface area contributed by atoms with Crippen LogP contribution < -0.4 is 5.32 Å². The van der Waals surface area contributed by atoms with Crippen molar-refractivity contribution in [2.75, 3.05) is 11.9 Å². The van der Waals surface area contributed by atoms with Crippen LogP contribution in [0.1, 0.15) is 23.2 Å². The first kappa shape index (κ1) is 18.5. The smallest absolute Gasteiger partial charge is 0.255 e. The number of para-hydroxylation sites is 1. The number of thiazole rings is 1. The van der Waals surface area contributed by atoms with E-state index >= 15 is 0 Å². The van der Waals surface area contributed by atoms with Gasteiger partial charge in [-0.05, 0) is 37.1 Å². The number of hydrogen-bond acceptors (Lipinski definition) is 6. The van der Waals surface area contributed by atoms with Gasteiger partial charge in [-0.3, -0.25) is 9.59 Å². The van der Waals surface area contributed by atoms with Crippen molar-refractivity contribution < 1.29 is 14.0 Å². The van der Waals surface area contributed by atoms with Gasteiger partial charge in [-0.2, -0.15) is 0 Å². The zero-order chi connectivity index (χ0) is 20.5. The number of anilines is 1. The highest BCUT2D eigenvalue weighted by Gasteiger charge is 2.35. The number of aromatic nitrogens is 2. The van der Waals surface area contributed by atoms with Crippen LogP contribution in [0.3, 0.4) is 0 Å². The topological polar surface area (TPSA) is 88.3 Å². The Bertz CT molecular complexity index is 1200. The fourth-order valence-corrected chi connectivity index (χ4v) is 4.35. The molecule has 3 aromatic heterocycles. The van der Waals surface area contributed by atoms with Crippen molar-refractivity contribution >= 4 is 39.2 Å². The van der Waals surface area contributed by atoms with Crippen LogP contribution >= 0.6 is 11.3 Å². The molecule has 1 aliphatic rings. The molecule has 5 rings (SSSR count). The van der Waals surface area contributed by atoms with Gasteiger partial charge in [0.2, 0.25) is 5.91 Å². The molecule has 7 nitrogen and oxygen atoms in total. The fraction of sp³-hybridized carbons (Fsp3) is 0.182. The first-order valence-corrected chi connectivity index (χ1v) is 10.5. The van der Waals surface area contributed by atoms with Gasteiger partial charge in [0.1, 0.15) is 11.7 Å². The number of benzene rings is 1. The molecule has 0 bridgehead atoms. The normalized spacial score (nSPS) is 16.1. The lowest BCUT2D eigenvalue weighted by Crippen LogP contribution is -2.43. The Morgan fingerprint density at radius 2 is 2.10 bits per heavy atom. The predicted molar refractivity (Wildman–Crippen MR) is 114 cm³/mol. The molecule has 0 radical (unpaired) electrons. The number of fused-ring (bicyclic) bond motifs is 1. The van der Waals surface area contributed by atoms with E-state index in [2.05, 4.69) is 15.3 Å². The Labute approximate surface area is 176 Å². The Balaban J connectivity index is 1.51. The van der Waals surface area contributed by atoms with Gasteiger partial charge >= 0.3 is 0 Å². The summed E-state index contributed by atoms with van der Waals surface area (Å²) in [5.74, 6) is 0.202. The lowest BCUT2D eigenvalue weighted by molar-refractivity contribution is -0.119.